The quantitative estimate of drug-likeness (QED) is 0.721. The monoisotopic (exact) mass is 229 g/mol. The Morgan fingerprint density at radius 2 is 2.06 bits per heavy atom. The number of rotatable bonds is 0. The summed E-state index contributed by atoms with van der Waals surface area (Å²) in [5.74, 6) is -0.298. The molecule has 0 aliphatic carbocycles. The topological polar surface area (TPSA) is 71.8 Å². The Bertz CT molecular complexity index is 947. The van der Waals surface area contributed by atoms with Crippen molar-refractivity contribution in [2.24, 2.45) is 0 Å². The van der Waals surface area contributed by atoms with Crippen LogP contribution in [-0.2, 0) is 0 Å². The SMILES string of the molecule is [2H]c1[nH]c(=O)c([2H])c([2H])c1C([2H])([2H])[2H].[2H]c1nc(N)c([2H])c([2H])c1C([2H])([2H])[2H]. The molecule has 4 heteroatoms. The summed E-state index contributed by atoms with van der Waals surface area (Å²) < 4.78 is 85.6. The summed E-state index contributed by atoms with van der Waals surface area (Å²) in [6, 6.07) is -2.44. The Balaban J connectivity index is 0.000000280. The molecule has 2 aromatic heterocycles. The fourth-order valence-electron chi connectivity index (χ4n) is 0.600. The van der Waals surface area contributed by atoms with Crippen molar-refractivity contribution in [1.29, 1.82) is 0 Å². The predicted molar refractivity (Wildman–Crippen MR) is 65.2 cm³/mol. The van der Waals surface area contributed by atoms with Gasteiger partial charge in [0.25, 0.3) is 0 Å². The number of nitrogens with two attached hydrogens (primary N) is 1. The molecule has 0 atom stereocenters. The third-order valence-electron chi connectivity index (χ3n) is 1.21. The van der Waals surface area contributed by atoms with Crippen molar-refractivity contribution >= 4 is 5.82 Å². The third kappa shape index (κ3) is 4.41. The maximum atomic E-state index is 10.9. The molecule has 84 valence electrons. The Hall–Kier alpha value is -2.10. The maximum absolute atomic E-state index is 10.9. The summed E-state index contributed by atoms with van der Waals surface area (Å²) >= 11 is 0. The van der Waals surface area contributed by atoms with E-state index in [0.29, 0.717) is 0 Å². The van der Waals surface area contributed by atoms with E-state index in [1.807, 2.05) is 4.98 Å². The maximum Gasteiger partial charge on any atom is 0.247 e. The zero-order valence-corrected chi connectivity index (χ0v) is 7.93. The molecule has 0 spiro atoms. The van der Waals surface area contributed by atoms with Crippen LogP contribution in [0.3, 0.4) is 0 Å². The number of nitrogens with zero attached hydrogens (tertiary/aromatic N) is 1. The molecule has 3 N–H and O–H groups in total. The lowest BCUT2D eigenvalue weighted by atomic mass is 10.3. The molecule has 0 aliphatic heterocycles. The second-order valence-corrected chi connectivity index (χ2v) is 2.44. The summed E-state index contributed by atoms with van der Waals surface area (Å²) in [7, 11) is 0. The van der Waals surface area contributed by atoms with Gasteiger partial charge >= 0.3 is 0 Å². The van der Waals surface area contributed by atoms with E-state index in [9.17, 15) is 4.79 Å². The molecule has 0 amide bonds. The van der Waals surface area contributed by atoms with Crippen molar-refractivity contribution in [3.63, 3.8) is 0 Å². The molecule has 0 radical (unpaired) electrons. The highest BCUT2D eigenvalue weighted by atomic mass is 16.1. The number of H-pyrrole nitrogens is 1. The molecule has 0 unspecified atom stereocenters. The number of hydrogen-bond donors (Lipinski definition) is 2. The van der Waals surface area contributed by atoms with E-state index in [0.717, 1.165) is 0 Å². The molecular formula is C12H15N3O. The van der Waals surface area contributed by atoms with Gasteiger partial charge < -0.3 is 10.7 Å². The first-order valence-electron chi connectivity index (χ1n) is 9.94. The molecule has 0 fully saturated rings. The molecule has 2 rings (SSSR count). The molecule has 0 aliphatic rings. The van der Waals surface area contributed by atoms with Gasteiger partial charge in [-0.05, 0) is 30.9 Å². The van der Waals surface area contributed by atoms with Crippen LogP contribution >= 0.6 is 0 Å². The first kappa shape index (κ1) is 3.45. The summed E-state index contributed by atoms with van der Waals surface area (Å²) in [5, 5.41) is 0. The predicted octanol–water partition coefficient (Wildman–Crippen LogP) is 1.66. The van der Waals surface area contributed by atoms with Crippen molar-refractivity contribution in [1.82, 2.24) is 9.97 Å². The summed E-state index contributed by atoms with van der Waals surface area (Å²) in [6.07, 6.45) is -1.19. The van der Waals surface area contributed by atoms with E-state index in [1.165, 1.54) is 0 Å². The molecule has 4 nitrogen and oxygen atoms in total. The van der Waals surface area contributed by atoms with Crippen molar-refractivity contribution in [3.8, 4) is 0 Å². The first-order valence-corrected chi connectivity index (χ1v) is 3.94. The summed E-state index contributed by atoms with van der Waals surface area (Å²) in [4.78, 5) is 16.1. The lowest BCUT2D eigenvalue weighted by molar-refractivity contribution is 1.20. The normalized spacial score (nSPS) is 21.5. The van der Waals surface area contributed by atoms with Crippen LogP contribution in [0.25, 0.3) is 0 Å². The zero-order chi connectivity index (χ0) is 22.2. The van der Waals surface area contributed by atoms with Crippen LogP contribution in [0.5, 0.6) is 0 Å². The van der Waals surface area contributed by atoms with Crippen molar-refractivity contribution in [2.75, 3.05) is 5.73 Å². The Labute approximate surface area is 111 Å². The lowest BCUT2D eigenvalue weighted by Gasteiger charge is -1.89. The van der Waals surface area contributed by atoms with Gasteiger partial charge in [-0.2, -0.15) is 0 Å². The van der Waals surface area contributed by atoms with E-state index in [2.05, 4.69) is 4.98 Å². The van der Waals surface area contributed by atoms with E-state index >= 15 is 0 Å². The standard InChI is InChI=1S/C6H8N2.C6H7NO/c1-5-2-3-6(7)8-4-5;1-5-2-3-6(8)7-4-5/h2-4H,1H3,(H2,7,8);2-4H,1H3,(H,7,8)/i2*1D3,2D,3D,4D. The lowest BCUT2D eigenvalue weighted by Crippen LogP contribution is -2.00. The summed E-state index contributed by atoms with van der Waals surface area (Å²) in [6.45, 7) is -5.27. The minimum absolute atomic E-state index is 0.298. The van der Waals surface area contributed by atoms with Gasteiger partial charge in [0, 0.05) is 26.6 Å². The van der Waals surface area contributed by atoms with Gasteiger partial charge in [0.1, 0.15) is 5.82 Å². The van der Waals surface area contributed by atoms with Gasteiger partial charge in [-0.25, -0.2) is 4.98 Å². The van der Waals surface area contributed by atoms with Crippen LogP contribution in [0.4, 0.5) is 5.82 Å². The number of nitrogen functional groups attached to an aromatic ring is 1. The molecule has 0 saturated heterocycles. The van der Waals surface area contributed by atoms with Crippen molar-refractivity contribution in [3.05, 3.63) is 58.0 Å². The van der Waals surface area contributed by atoms with E-state index in [1.54, 1.807) is 0 Å². The largest absolute Gasteiger partial charge is 0.384 e. The van der Waals surface area contributed by atoms with E-state index < -0.39 is 66.9 Å². The third-order valence-corrected chi connectivity index (χ3v) is 1.21. The zero-order valence-electron chi connectivity index (χ0n) is 19.9. The smallest absolute Gasteiger partial charge is 0.247 e. The minimum atomic E-state index is -2.66. The average molecular weight is 229 g/mol. The number of aromatic amines is 1. The van der Waals surface area contributed by atoms with Crippen LogP contribution in [0, 0.1) is 13.7 Å². The van der Waals surface area contributed by atoms with Crippen LogP contribution < -0.4 is 11.3 Å². The van der Waals surface area contributed by atoms with Gasteiger partial charge in [-0.3, -0.25) is 4.79 Å². The number of nitrogens with one attached hydrogen (secondary N) is 1. The van der Waals surface area contributed by atoms with Crippen LogP contribution in [0.1, 0.15) is 27.6 Å². The Morgan fingerprint density at radius 3 is 2.81 bits per heavy atom. The minimum Gasteiger partial charge on any atom is -0.384 e. The molecule has 16 heavy (non-hydrogen) atoms. The number of pyridine rings is 2. The second kappa shape index (κ2) is 5.70. The fourth-order valence-corrected chi connectivity index (χ4v) is 0.600. The van der Waals surface area contributed by atoms with Gasteiger partial charge in [0.15, 0.2) is 0 Å². The average Bonchev–Trinajstić information content (AvgIpc) is 2.48. The van der Waals surface area contributed by atoms with Crippen LogP contribution in [-0.4, -0.2) is 9.97 Å². The highest BCUT2D eigenvalue weighted by Crippen LogP contribution is 1.97. The second-order valence-electron chi connectivity index (χ2n) is 2.44. The van der Waals surface area contributed by atoms with Gasteiger partial charge in [0.2, 0.25) is 5.56 Å². The Kier molecular flexibility index (Phi) is 1.23. The molecular weight excluding hydrogens is 202 g/mol. The number of hydrogen-bond acceptors (Lipinski definition) is 3. The fraction of sp³-hybridized carbons (Fsp3) is 0.167. The molecule has 0 bridgehead atoms. The molecule has 0 aromatic carbocycles. The van der Waals surface area contributed by atoms with Gasteiger partial charge in [-0.15, -0.1) is 0 Å². The summed E-state index contributed by atoms with van der Waals surface area (Å²) in [5.41, 5.74) is 3.16. The van der Waals surface area contributed by atoms with Crippen LogP contribution in [0.15, 0.2) is 41.3 Å². The molecule has 0 saturated carbocycles. The highest BCUT2D eigenvalue weighted by molar-refractivity contribution is 5.28. The van der Waals surface area contributed by atoms with Gasteiger partial charge in [-0.1, -0.05) is 12.1 Å². The highest BCUT2D eigenvalue weighted by Gasteiger charge is 1.81. The molecule has 2 heterocycles. The van der Waals surface area contributed by atoms with Crippen LogP contribution in [0.2, 0.25) is 0 Å². The van der Waals surface area contributed by atoms with Crippen molar-refractivity contribution < 1.29 is 16.4 Å². The molecule has 2 aromatic rings. The van der Waals surface area contributed by atoms with E-state index in [4.69, 9.17) is 22.2 Å². The van der Waals surface area contributed by atoms with Crippen molar-refractivity contribution in [2.45, 2.75) is 13.7 Å². The first-order chi connectivity index (χ1) is 12.5. The van der Waals surface area contributed by atoms with Gasteiger partial charge in [0.05, 0.1) is 8.22 Å². The number of aromatic nitrogens is 2. The number of anilines is 1. The van der Waals surface area contributed by atoms with E-state index in [-0.39, 0.29) is 5.82 Å². The Morgan fingerprint density at radius 1 is 1.31 bits per heavy atom.